The molecule has 1 N–H and O–H groups in total. The minimum Gasteiger partial charge on any atom is -0.386 e. The summed E-state index contributed by atoms with van der Waals surface area (Å²) in [5, 5.41) is 10.3. The Balaban J connectivity index is 3.12. The van der Waals surface area contributed by atoms with Crippen molar-refractivity contribution in [3.63, 3.8) is 0 Å². The highest BCUT2D eigenvalue weighted by atomic mass is 19.1. The number of aliphatic hydroxyl groups excluding tert-OH is 1. The van der Waals surface area contributed by atoms with Crippen LogP contribution in [0.4, 0.5) is 8.78 Å². The summed E-state index contributed by atoms with van der Waals surface area (Å²) in [4.78, 5) is 2.02. The Hall–Kier alpha value is -1.00. The second-order valence-corrected chi connectivity index (χ2v) is 4.89. The maximum atomic E-state index is 13.7. The lowest BCUT2D eigenvalue weighted by Crippen LogP contribution is -2.48. The van der Waals surface area contributed by atoms with Gasteiger partial charge in [-0.15, -0.1) is 0 Å². The van der Waals surface area contributed by atoms with Crippen molar-refractivity contribution in [2.24, 2.45) is 0 Å². The predicted octanol–water partition coefficient (Wildman–Crippen LogP) is 3.12. The van der Waals surface area contributed by atoms with Gasteiger partial charge in [0.15, 0.2) is 0 Å². The van der Waals surface area contributed by atoms with Gasteiger partial charge in [0, 0.05) is 11.1 Å². The fourth-order valence-electron chi connectivity index (χ4n) is 2.32. The van der Waals surface area contributed by atoms with Gasteiger partial charge in [-0.3, -0.25) is 4.90 Å². The number of likely N-dealkylation sites (N-methyl/N-ethyl adjacent to an activating group) is 1. The first-order valence-electron chi connectivity index (χ1n) is 6.22. The van der Waals surface area contributed by atoms with Gasteiger partial charge in [0.05, 0.1) is 6.10 Å². The summed E-state index contributed by atoms with van der Waals surface area (Å²) >= 11 is 0. The van der Waals surface area contributed by atoms with Crippen LogP contribution in [0.1, 0.15) is 39.4 Å². The summed E-state index contributed by atoms with van der Waals surface area (Å²) in [6.07, 6.45) is -1.08. The molecule has 0 bridgehead atoms. The Morgan fingerprint density at radius 1 is 1.22 bits per heavy atom. The van der Waals surface area contributed by atoms with E-state index in [2.05, 4.69) is 0 Å². The second-order valence-electron chi connectivity index (χ2n) is 4.89. The van der Waals surface area contributed by atoms with Gasteiger partial charge in [0.2, 0.25) is 0 Å². The molecule has 18 heavy (non-hydrogen) atoms. The second kappa shape index (κ2) is 5.76. The van der Waals surface area contributed by atoms with Gasteiger partial charge in [-0.2, -0.15) is 0 Å². The summed E-state index contributed by atoms with van der Waals surface area (Å²) in [5.41, 5.74) is -0.648. The van der Waals surface area contributed by atoms with E-state index in [0.29, 0.717) is 0 Å². The average molecular weight is 257 g/mol. The lowest BCUT2D eigenvalue weighted by atomic mass is 9.89. The van der Waals surface area contributed by atoms with E-state index in [9.17, 15) is 13.9 Å². The first-order valence-corrected chi connectivity index (χ1v) is 6.22. The van der Waals surface area contributed by atoms with Crippen LogP contribution in [0.25, 0.3) is 0 Å². The van der Waals surface area contributed by atoms with Gasteiger partial charge in [0.25, 0.3) is 0 Å². The summed E-state index contributed by atoms with van der Waals surface area (Å²) in [5.74, 6) is -1.12. The van der Waals surface area contributed by atoms with Crippen molar-refractivity contribution in [3.8, 4) is 0 Å². The Bertz CT molecular complexity index is 403. The van der Waals surface area contributed by atoms with E-state index in [1.807, 2.05) is 32.6 Å². The zero-order valence-corrected chi connectivity index (χ0v) is 11.4. The Morgan fingerprint density at radius 3 is 2.28 bits per heavy atom. The largest absolute Gasteiger partial charge is 0.386 e. The monoisotopic (exact) mass is 257 g/mol. The molecule has 2 nitrogen and oxygen atoms in total. The van der Waals surface area contributed by atoms with E-state index in [0.717, 1.165) is 31.3 Å². The highest BCUT2D eigenvalue weighted by Gasteiger charge is 2.35. The molecule has 0 aromatic heterocycles. The number of halogens is 2. The van der Waals surface area contributed by atoms with Crippen LogP contribution < -0.4 is 0 Å². The molecular formula is C14H21F2NO. The Morgan fingerprint density at radius 2 is 1.78 bits per heavy atom. The molecule has 0 aliphatic carbocycles. The fraction of sp³-hybridized carbons (Fsp3) is 0.571. The summed E-state index contributed by atoms with van der Waals surface area (Å²) in [7, 11) is 0. The van der Waals surface area contributed by atoms with Crippen molar-refractivity contribution in [2.75, 3.05) is 13.1 Å². The van der Waals surface area contributed by atoms with Crippen LogP contribution in [0, 0.1) is 11.6 Å². The maximum Gasteiger partial charge on any atom is 0.129 e. The fourth-order valence-corrected chi connectivity index (χ4v) is 2.32. The highest BCUT2D eigenvalue weighted by Crippen LogP contribution is 2.32. The van der Waals surface area contributed by atoms with Gasteiger partial charge in [-0.25, -0.2) is 8.78 Å². The molecule has 0 radical (unpaired) electrons. The number of rotatable bonds is 5. The van der Waals surface area contributed by atoms with E-state index < -0.39 is 23.3 Å². The average Bonchev–Trinajstić information content (AvgIpc) is 2.32. The molecule has 0 fully saturated rings. The lowest BCUT2D eigenvalue weighted by Gasteiger charge is -2.41. The predicted molar refractivity (Wildman–Crippen MR) is 68.3 cm³/mol. The summed E-state index contributed by atoms with van der Waals surface area (Å²) in [6.45, 7) is 9.07. The molecule has 1 rings (SSSR count). The summed E-state index contributed by atoms with van der Waals surface area (Å²) in [6, 6.07) is 3.16. The number of benzene rings is 1. The standard InChI is InChI=1S/C14H21F2NO/c1-5-17(6-2)14(3,4)13(18)11-9-10(15)7-8-12(11)16/h7-9,13,18H,5-6H2,1-4H3. The lowest BCUT2D eigenvalue weighted by molar-refractivity contribution is -0.00829. The van der Waals surface area contributed by atoms with Crippen LogP contribution in [0.15, 0.2) is 18.2 Å². The van der Waals surface area contributed by atoms with Crippen molar-refractivity contribution >= 4 is 0 Å². The van der Waals surface area contributed by atoms with Crippen molar-refractivity contribution < 1.29 is 13.9 Å². The van der Waals surface area contributed by atoms with Crippen LogP contribution in [0.5, 0.6) is 0 Å². The van der Waals surface area contributed by atoms with E-state index in [4.69, 9.17) is 0 Å². The topological polar surface area (TPSA) is 23.5 Å². The molecule has 1 unspecified atom stereocenters. The molecule has 4 heteroatoms. The number of aliphatic hydroxyl groups is 1. The number of hydrogen-bond acceptors (Lipinski definition) is 2. The number of hydrogen-bond donors (Lipinski definition) is 1. The van der Waals surface area contributed by atoms with Gasteiger partial charge < -0.3 is 5.11 Å². The van der Waals surface area contributed by atoms with Crippen LogP contribution in [-0.4, -0.2) is 28.6 Å². The molecule has 0 aliphatic rings. The van der Waals surface area contributed by atoms with Gasteiger partial charge in [-0.1, -0.05) is 13.8 Å². The molecular weight excluding hydrogens is 236 g/mol. The molecule has 0 saturated carbocycles. The van der Waals surface area contributed by atoms with Crippen LogP contribution in [0.3, 0.4) is 0 Å². The van der Waals surface area contributed by atoms with E-state index >= 15 is 0 Å². The molecule has 1 aromatic carbocycles. The van der Waals surface area contributed by atoms with Crippen LogP contribution >= 0.6 is 0 Å². The van der Waals surface area contributed by atoms with E-state index in [1.165, 1.54) is 0 Å². The van der Waals surface area contributed by atoms with Crippen molar-refractivity contribution in [2.45, 2.75) is 39.3 Å². The first kappa shape index (κ1) is 15.1. The molecule has 0 heterocycles. The minimum absolute atomic E-state index is 0.00639. The minimum atomic E-state index is -1.08. The van der Waals surface area contributed by atoms with Crippen molar-refractivity contribution in [1.82, 2.24) is 4.90 Å². The van der Waals surface area contributed by atoms with Gasteiger partial charge in [-0.05, 0) is 45.1 Å². The van der Waals surface area contributed by atoms with Gasteiger partial charge >= 0.3 is 0 Å². The van der Waals surface area contributed by atoms with E-state index in [1.54, 1.807) is 0 Å². The molecule has 0 spiro atoms. The van der Waals surface area contributed by atoms with Gasteiger partial charge in [0.1, 0.15) is 11.6 Å². The van der Waals surface area contributed by atoms with Crippen molar-refractivity contribution in [1.29, 1.82) is 0 Å². The quantitative estimate of drug-likeness (QED) is 0.876. The molecule has 102 valence electrons. The Kier molecular flexibility index (Phi) is 4.82. The summed E-state index contributed by atoms with van der Waals surface area (Å²) < 4.78 is 26.8. The third-order valence-electron chi connectivity index (χ3n) is 3.50. The van der Waals surface area contributed by atoms with E-state index in [-0.39, 0.29) is 5.56 Å². The van der Waals surface area contributed by atoms with Crippen LogP contribution in [0.2, 0.25) is 0 Å². The molecule has 1 aromatic rings. The SMILES string of the molecule is CCN(CC)C(C)(C)C(O)c1cc(F)ccc1F. The Labute approximate surface area is 107 Å². The van der Waals surface area contributed by atoms with Crippen molar-refractivity contribution in [3.05, 3.63) is 35.4 Å². The highest BCUT2D eigenvalue weighted by molar-refractivity contribution is 5.23. The van der Waals surface area contributed by atoms with Crippen LogP contribution in [-0.2, 0) is 0 Å². The maximum absolute atomic E-state index is 13.7. The molecule has 0 saturated heterocycles. The smallest absolute Gasteiger partial charge is 0.129 e. The third-order valence-corrected chi connectivity index (χ3v) is 3.50. The third kappa shape index (κ3) is 2.87. The zero-order valence-electron chi connectivity index (χ0n) is 11.4. The molecule has 0 aliphatic heterocycles. The first-order chi connectivity index (χ1) is 8.34. The number of nitrogens with zero attached hydrogens (tertiary/aromatic N) is 1. The molecule has 0 amide bonds. The normalized spacial score (nSPS) is 14.0. The zero-order chi connectivity index (χ0) is 13.9. The molecule has 1 atom stereocenters.